The zero-order chi connectivity index (χ0) is 13.3. The number of amides is 3. The van der Waals surface area contributed by atoms with Gasteiger partial charge >= 0.3 is 12.0 Å². The fraction of sp³-hybridized carbons (Fsp3) is 0.667. The predicted molar refractivity (Wildman–Crippen MR) is 58.1 cm³/mol. The van der Waals surface area contributed by atoms with Gasteiger partial charge in [-0.05, 0) is 12.8 Å². The van der Waals surface area contributed by atoms with Crippen LogP contribution in [0.15, 0.2) is 0 Å². The average molecular weight is 247 g/mol. The number of carbonyl (C=O) groups excluding carboxylic acids is 2. The van der Waals surface area contributed by atoms with Crippen molar-refractivity contribution in [3.8, 4) is 0 Å². The molecule has 0 aliphatic rings. The van der Waals surface area contributed by atoms with Crippen LogP contribution in [-0.4, -0.2) is 47.3 Å². The molecule has 8 nitrogen and oxygen atoms in total. The Balaban J connectivity index is 3.65. The molecule has 0 aromatic heterocycles. The fourth-order valence-electron chi connectivity index (χ4n) is 1.02. The van der Waals surface area contributed by atoms with Gasteiger partial charge in [-0.3, -0.25) is 4.79 Å². The van der Waals surface area contributed by atoms with Crippen LogP contribution < -0.4 is 16.4 Å². The van der Waals surface area contributed by atoms with E-state index in [2.05, 4.69) is 10.6 Å². The monoisotopic (exact) mass is 247 g/mol. The molecule has 0 saturated carbocycles. The summed E-state index contributed by atoms with van der Waals surface area (Å²) in [5.41, 5.74) is 4.92. The molecule has 8 heteroatoms. The topological polar surface area (TPSA) is 142 Å². The van der Waals surface area contributed by atoms with Crippen LogP contribution in [0.4, 0.5) is 4.79 Å². The Bertz CT molecular complexity index is 282. The summed E-state index contributed by atoms with van der Waals surface area (Å²) in [6, 6.07) is -1.99. The number of nitrogens with two attached hydrogens (primary N) is 1. The van der Waals surface area contributed by atoms with Gasteiger partial charge in [0.2, 0.25) is 5.91 Å². The number of carbonyl (C=O) groups is 3. The smallest absolute Gasteiger partial charge is 0.328 e. The zero-order valence-electron chi connectivity index (χ0n) is 9.31. The molecule has 0 fully saturated rings. The Morgan fingerprint density at radius 3 is 2.35 bits per heavy atom. The van der Waals surface area contributed by atoms with Crippen molar-refractivity contribution < 1.29 is 24.6 Å². The van der Waals surface area contributed by atoms with Gasteiger partial charge in [0.15, 0.2) is 6.04 Å². The first-order chi connectivity index (χ1) is 7.97. The molecule has 0 spiro atoms. The molecule has 0 aliphatic heterocycles. The maximum absolute atomic E-state index is 11.1. The second-order valence-electron chi connectivity index (χ2n) is 3.40. The number of hydrogen-bond donors (Lipinski definition) is 5. The highest BCUT2D eigenvalue weighted by molar-refractivity contribution is 5.82. The van der Waals surface area contributed by atoms with Gasteiger partial charge in [0, 0.05) is 13.0 Å². The minimum absolute atomic E-state index is 0.248. The van der Waals surface area contributed by atoms with E-state index in [1.54, 1.807) is 0 Å². The lowest BCUT2D eigenvalue weighted by molar-refractivity contribution is -0.140. The second kappa shape index (κ2) is 8.34. The van der Waals surface area contributed by atoms with Crippen molar-refractivity contribution in [3.63, 3.8) is 0 Å². The van der Waals surface area contributed by atoms with E-state index in [0.717, 1.165) is 0 Å². The summed E-state index contributed by atoms with van der Waals surface area (Å²) in [4.78, 5) is 32.0. The minimum Gasteiger partial charge on any atom is -0.480 e. The molecule has 0 aliphatic carbocycles. The first-order valence-corrected chi connectivity index (χ1v) is 5.13. The fourth-order valence-corrected chi connectivity index (χ4v) is 1.02. The summed E-state index contributed by atoms with van der Waals surface area (Å²) in [7, 11) is 0. The molecule has 0 aromatic rings. The number of unbranched alkanes of at least 4 members (excludes halogenated alkanes) is 1. The Labute approximate surface area is 98.2 Å². The highest BCUT2D eigenvalue weighted by atomic mass is 16.4. The third-order valence-corrected chi connectivity index (χ3v) is 1.92. The SMILES string of the molecule is NC(=O)CCCCNC(=O)N[C@H](CO)C(=O)O. The van der Waals surface area contributed by atoms with E-state index >= 15 is 0 Å². The third-order valence-electron chi connectivity index (χ3n) is 1.92. The van der Waals surface area contributed by atoms with E-state index in [1.165, 1.54) is 0 Å². The van der Waals surface area contributed by atoms with Crippen molar-refractivity contribution in [1.29, 1.82) is 0 Å². The number of carboxylic acids is 1. The molecule has 0 heterocycles. The first-order valence-electron chi connectivity index (χ1n) is 5.13. The predicted octanol–water partition coefficient (Wildman–Crippen LogP) is -1.61. The summed E-state index contributed by atoms with van der Waals surface area (Å²) in [5, 5.41) is 21.7. The molecule has 0 saturated heterocycles. The number of rotatable bonds is 8. The number of carboxylic acid groups (broad SMARTS) is 1. The molecule has 0 bridgehead atoms. The zero-order valence-corrected chi connectivity index (χ0v) is 9.31. The number of primary amides is 1. The molecule has 0 aromatic carbocycles. The number of nitrogens with one attached hydrogen (secondary N) is 2. The van der Waals surface area contributed by atoms with Crippen molar-refractivity contribution in [2.75, 3.05) is 13.2 Å². The van der Waals surface area contributed by atoms with E-state index in [4.69, 9.17) is 15.9 Å². The van der Waals surface area contributed by atoms with E-state index in [0.29, 0.717) is 19.4 Å². The quantitative estimate of drug-likeness (QED) is 0.328. The van der Waals surface area contributed by atoms with Gasteiger partial charge in [0.1, 0.15) is 0 Å². The highest BCUT2D eigenvalue weighted by Crippen LogP contribution is 1.92. The van der Waals surface area contributed by atoms with Crippen molar-refractivity contribution in [2.24, 2.45) is 5.73 Å². The first kappa shape index (κ1) is 15.2. The van der Waals surface area contributed by atoms with Crippen LogP contribution in [-0.2, 0) is 9.59 Å². The normalized spacial score (nSPS) is 11.6. The van der Waals surface area contributed by atoms with E-state index in [9.17, 15) is 14.4 Å². The van der Waals surface area contributed by atoms with Gasteiger partial charge in [0.25, 0.3) is 0 Å². The van der Waals surface area contributed by atoms with E-state index in [1.807, 2.05) is 0 Å². The maximum atomic E-state index is 11.1. The van der Waals surface area contributed by atoms with Gasteiger partial charge in [-0.1, -0.05) is 0 Å². The lowest BCUT2D eigenvalue weighted by Crippen LogP contribution is -2.48. The Hall–Kier alpha value is -1.83. The Kier molecular flexibility index (Phi) is 7.44. The largest absolute Gasteiger partial charge is 0.480 e. The summed E-state index contributed by atoms with van der Waals surface area (Å²) in [6.07, 6.45) is 1.36. The number of aliphatic hydroxyl groups is 1. The van der Waals surface area contributed by atoms with Gasteiger partial charge in [-0.25, -0.2) is 9.59 Å². The summed E-state index contributed by atoms with van der Waals surface area (Å²) >= 11 is 0. The molecule has 1 atom stereocenters. The lowest BCUT2D eigenvalue weighted by Gasteiger charge is -2.12. The number of aliphatic carboxylic acids is 1. The molecular weight excluding hydrogens is 230 g/mol. The van der Waals surface area contributed by atoms with Crippen LogP contribution in [0.3, 0.4) is 0 Å². The van der Waals surface area contributed by atoms with E-state index in [-0.39, 0.29) is 6.42 Å². The Morgan fingerprint density at radius 1 is 1.24 bits per heavy atom. The summed E-state index contributed by atoms with van der Waals surface area (Å²) in [5.74, 6) is -1.71. The van der Waals surface area contributed by atoms with Crippen molar-refractivity contribution in [1.82, 2.24) is 10.6 Å². The minimum atomic E-state index is -1.32. The molecule has 0 unspecified atom stereocenters. The van der Waals surface area contributed by atoms with Crippen LogP contribution in [0.1, 0.15) is 19.3 Å². The molecule has 0 radical (unpaired) electrons. The number of aliphatic hydroxyl groups excluding tert-OH is 1. The molecule has 3 amide bonds. The van der Waals surface area contributed by atoms with Crippen molar-refractivity contribution in [2.45, 2.75) is 25.3 Å². The number of urea groups is 1. The molecular formula is C9H17N3O5. The van der Waals surface area contributed by atoms with Crippen LogP contribution in [0.5, 0.6) is 0 Å². The molecule has 98 valence electrons. The number of hydrogen-bond acceptors (Lipinski definition) is 4. The van der Waals surface area contributed by atoms with E-state index < -0.39 is 30.6 Å². The van der Waals surface area contributed by atoms with Crippen LogP contribution in [0, 0.1) is 0 Å². The summed E-state index contributed by atoms with van der Waals surface area (Å²) < 4.78 is 0. The van der Waals surface area contributed by atoms with Gasteiger partial charge in [-0.2, -0.15) is 0 Å². The van der Waals surface area contributed by atoms with Crippen molar-refractivity contribution in [3.05, 3.63) is 0 Å². The van der Waals surface area contributed by atoms with Gasteiger partial charge in [0.05, 0.1) is 6.61 Å². The second-order valence-corrected chi connectivity index (χ2v) is 3.40. The van der Waals surface area contributed by atoms with Crippen LogP contribution in [0.2, 0.25) is 0 Å². The molecule has 17 heavy (non-hydrogen) atoms. The lowest BCUT2D eigenvalue weighted by atomic mass is 10.2. The van der Waals surface area contributed by atoms with Gasteiger partial charge in [-0.15, -0.1) is 0 Å². The van der Waals surface area contributed by atoms with Crippen molar-refractivity contribution >= 4 is 17.9 Å². The molecule has 0 rings (SSSR count). The third kappa shape index (κ3) is 8.03. The van der Waals surface area contributed by atoms with Gasteiger partial charge < -0.3 is 26.6 Å². The van der Waals surface area contributed by atoms with Crippen LogP contribution >= 0.6 is 0 Å². The molecule has 6 N–H and O–H groups in total. The average Bonchev–Trinajstić information content (AvgIpc) is 2.24. The standard InChI is InChI=1S/C9H17N3O5/c10-7(14)3-1-2-4-11-9(17)12-6(5-13)8(15)16/h6,13H,1-5H2,(H2,10,14)(H,15,16)(H2,11,12,17)/t6-/m1/s1. The maximum Gasteiger partial charge on any atom is 0.328 e. The Morgan fingerprint density at radius 2 is 1.88 bits per heavy atom. The summed E-state index contributed by atoms with van der Waals surface area (Å²) in [6.45, 7) is -0.374. The highest BCUT2D eigenvalue weighted by Gasteiger charge is 2.17. The van der Waals surface area contributed by atoms with Crippen LogP contribution in [0.25, 0.3) is 0 Å².